The highest BCUT2D eigenvalue weighted by Crippen LogP contribution is 2.30. The van der Waals surface area contributed by atoms with E-state index in [4.69, 9.17) is 11.3 Å². The Kier molecular flexibility index (Phi) is 25.3. The van der Waals surface area contributed by atoms with Crippen LogP contribution in [0.3, 0.4) is 0 Å². The summed E-state index contributed by atoms with van der Waals surface area (Å²) in [5, 5.41) is 56.7. The molecule has 78 heavy (non-hydrogen) atoms. The number of nitrogens with zero attached hydrogens (tertiary/aromatic N) is 3. The number of fused-ring (bicyclic) bond motifs is 1. The zero-order chi connectivity index (χ0) is 56.7. The molecule has 0 bridgehead atoms. The summed E-state index contributed by atoms with van der Waals surface area (Å²) in [5.41, 5.74) is 17.3. The highest BCUT2D eigenvalue weighted by atomic mass is 33.1. The predicted molar refractivity (Wildman–Crippen MR) is 296 cm³/mol. The number of azide groups is 1. The number of amides is 4. The van der Waals surface area contributed by atoms with E-state index in [1.165, 1.54) is 26.0 Å². The van der Waals surface area contributed by atoms with Crippen molar-refractivity contribution >= 4 is 79.3 Å². The number of aliphatic hydroxyl groups is 3. The Morgan fingerprint density at radius 3 is 2.15 bits per heavy atom. The van der Waals surface area contributed by atoms with Crippen molar-refractivity contribution in [3.63, 3.8) is 0 Å². The molecule has 23 heteroatoms. The summed E-state index contributed by atoms with van der Waals surface area (Å²) in [7, 11) is 2.10. The molecule has 1 aromatic heterocycles. The standard InChI is InChI=1S/C55H71N9O12S2/c1-32(66)38(29-65)24-50(71)47-31-78-77-30-39(25-49(70)45(60-52(73)28-59-64-57)20-34-10-4-3-5-11-34)54(75)62-46(21-35-15-17-40(68)18-16-35)48(69)23-36(22-37-27-58-43-13-7-6-12-41(37)43)53(74)61-44(14-8-9-19-56)51(72)26-42(33(2)67)55(76)63-47/h3-7,10-13,15-18,27,32-33,36,38-39,42,44-47,58,65-68H,8-9,14,19-26,28-31,56H2,1-2H3,(H,60,73)(H,61,74)(H,62,75)(H,63,76)/t32?,33?,36-,38+,39-,42-,44-,45+,46-,47-/m0/s1. The molecule has 5 rings (SSSR count). The zero-order valence-corrected chi connectivity index (χ0v) is 45.4. The number of carbonyl (C=O) groups is 8. The average Bonchev–Trinajstić information content (AvgIpc) is 3.85. The Labute approximate surface area is 460 Å². The number of unbranched alkanes of at least 4 members (excludes halogenated alkanes) is 1. The van der Waals surface area contributed by atoms with Crippen LogP contribution in [0.25, 0.3) is 21.3 Å². The second-order valence-corrected chi connectivity index (χ2v) is 22.3. The van der Waals surface area contributed by atoms with E-state index in [9.17, 15) is 54.0 Å². The van der Waals surface area contributed by atoms with Crippen LogP contribution in [0.1, 0.15) is 75.5 Å². The van der Waals surface area contributed by atoms with Crippen LogP contribution >= 0.6 is 21.6 Å². The number of nitrogens with one attached hydrogen (secondary N) is 5. The minimum Gasteiger partial charge on any atom is -0.508 e. The smallest absolute Gasteiger partial charge is 0.226 e. The lowest BCUT2D eigenvalue weighted by Gasteiger charge is -2.28. The number of aromatic amines is 1. The van der Waals surface area contributed by atoms with Gasteiger partial charge in [0.15, 0.2) is 23.1 Å². The minimum absolute atomic E-state index is 0.00252. The molecule has 10 atom stereocenters. The van der Waals surface area contributed by atoms with Gasteiger partial charge in [0.1, 0.15) is 12.3 Å². The van der Waals surface area contributed by atoms with Crippen LogP contribution in [-0.2, 0) is 57.6 Å². The first-order valence-corrected chi connectivity index (χ1v) is 28.5. The first-order chi connectivity index (χ1) is 37.4. The van der Waals surface area contributed by atoms with Crippen LogP contribution in [0.4, 0.5) is 0 Å². The number of H-pyrrole nitrogens is 1. The van der Waals surface area contributed by atoms with Crippen molar-refractivity contribution < 1.29 is 58.8 Å². The van der Waals surface area contributed by atoms with Gasteiger partial charge in [-0.25, -0.2) is 0 Å². The van der Waals surface area contributed by atoms with E-state index in [1.54, 1.807) is 48.7 Å². The molecule has 4 amide bonds. The molecule has 420 valence electrons. The van der Waals surface area contributed by atoms with Gasteiger partial charge in [0.05, 0.1) is 48.2 Å². The maximum Gasteiger partial charge on any atom is 0.226 e. The maximum atomic E-state index is 15.0. The number of phenols is 1. The zero-order valence-electron chi connectivity index (χ0n) is 43.8. The predicted octanol–water partition coefficient (Wildman–Crippen LogP) is 3.73. The average molecular weight is 1110 g/mol. The van der Waals surface area contributed by atoms with Gasteiger partial charge in [0.2, 0.25) is 23.6 Å². The van der Waals surface area contributed by atoms with Crippen LogP contribution in [-0.4, -0.2) is 140 Å². The second-order valence-electron chi connectivity index (χ2n) is 19.8. The molecule has 11 N–H and O–H groups in total. The molecule has 2 unspecified atom stereocenters. The van der Waals surface area contributed by atoms with E-state index in [0.29, 0.717) is 29.5 Å². The summed E-state index contributed by atoms with van der Waals surface area (Å²) < 4.78 is 0. The minimum atomic E-state index is -1.43. The molecule has 21 nitrogen and oxygen atoms in total. The summed E-state index contributed by atoms with van der Waals surface area (Å²) in [6.07, 6.45) is -1.90. The molecule has 1 aliphatic heterocycles. The fourth-order valence-corrected chi connectivity index (χ4v) is 11.6. The molecule has 1 saturated heterocycles. The first-order valence-electron chi connectivity index (χ1n) is 26.0. The topological polar surface area (TPSA) is 356 Å². The van der Waals surface area contributed by atoms with E-state index in [0.717, 1.165) is 32.5 Å². The third kappa shape index (κ3) is 19.4. The van der Waals surface area contributed by atoms with Gasteiger partial charge in [-0.2, -0.15) is 0 Å². The lowest BCUT2D eigenvalue weighted by Crippen LogP contribution is -2.51. The van der Waals surface area contributed by atoms with Crippen LogP contribution < -0.4 is 27.0 Å². The number of Topliss-reactive ketones (excluding diaryl/α,β-unsaturated/α-hetero) is 4. The van der Waals surface area contributed by atoms with Gasteiger partial charge in [-0.1, -0.05) is 87.4 Å². The lowest BCUT2D eigenvalue weighted by molar-refractivity contribution is -0.137. The summed E-state index contributed by atoms with van der Waals surface area (Å²) in [4.78, 5) is 121. The summed E-state index contributed by atoms with van der Waals surface area (Å²) in [5.74, 6) is -10.5. The molecule has 1 fully saturated rings. The molecule has 1 aliphatic rings. The van der Waals surface area contributed by atoms with Crippen molar-refractivity contribution in [2.45, 2.75) is 114 Å². The third-order valence-corrected chi connectivity index (χ3v) is 16.3. The monoisotopic (exact) mass is 1110 g/mol. The number of ketones is 4. The third-order valence-electron chi connectivity index (χ3n) is 13.8. The van der Waals surface area contributed by atoms with Crippen molar-refractivity contribution in [3.05, 3.63) is 112 Å². The quantitative estimate of drug-likeness (QED) is 0.0176. The number of benzene rings is 3. The van der Waals surface area contributed by atoms with Gasteiger partial charge in [0.25, 0.3) is 0 Å². The van der Waals surface area contributed by atoms with Crippen molar-refractivity contribution in [2.24, 2.45) is 34.5 Å². The Balaban J connectivity index is 1.61. The van der Waals surface area contributed by atoms with Crippen molar-refractivity contribution in [3.8, 4) is 5.75 Å². The Hall–Kier alpha value is -6.59. The molecule has 0 radical (unpaired) electrons. The van der Waals surface area contributed by atoms with Gasteiger partial charge in [-0.05, 0) is 99.3 Å². The number of nitrogens with two attached hydrogens (primary N) is 1. The number of aromatic hydroxyl groups is 1. The number of rotatable bonds is 22. The van der Waals surface area contributed by atoms with E-state index >= 15 is 4.79 Å². The lowest BCUT2D eigenvalue weighted by atomic mass is 9.87. The maximum absolute atomic E-state index is 15.0. The number of hydrogen-bond donors (Lipinski definition) is 10. The fraction of sp³-hybridized carbons (Fsp3) is 0.491. The highest BCUT2D eigenvalue weighted by Gasteiger charge is 2.37. The largest absolute Gasteiger partial charge is 0.508 e. The van der Waals surface area contributed by atoms with Crippen LogP contribution in [0, 0.1) is 23.7 Å². The summed E-state index contributed by atoms with van der Waals surface area (Å²) in [6, 6.07) is 17.0. The van der Waals surface area contributed by atoms with Gasteiger partial charge in [-0.3, -0.25) is 38.4 Å². The van der Waals surface area contributed by atoms with E-state index in [-0.39, 0.29) is 55.9 Å². The Bertz CT molecular complexity index is 2720. The van der Waals surface area contributed by atoms with Crippen molar-refractivity contribution in [2.75, 3.05) is 31.2 Å². The van der Waals surface area contributed by atoms with Crippen molar-refractivity contribution in [1.29, 1.82) is 0 Å². The van der Waals surface area contributed by atoms with Crippen molar-refractivity contribution in [1.82, 2.24) is 26.3 Å². The van der Waals surface area contributed by atoms with Gasteiger partial charge in [-0.15, -0.1) is 0 Å². The summed E-state index contributed by atoms with van der Waals surface area (Å²) in [6.45, 7) is 1.82. The number of hydrogen-bond acceptors (Lipinski definition) is 16. The normalized spacial score (nSPS) is 21.9. The van der Waals surface area contributed by atoms with Crippen LogP contribution in [0.5, 0.6) is 5.75 Å². The van der Waals surface area contributed by atoms with Gasteiger partial charge < -0.3 is 52.4 Å². The van der Waals surface area contributed by atoms with E-state index in [2.05, 4.69) is 36.3 Å². The van der Waals surface area contributed by atoms with E-state index in [1.807, 2.05) is 24.3 Å². The van der Waals surface area contributed by atoms with Gasteiger partial charge in [0, 0.05) is 77.6 Å². The number of aliphatic hydroxyl groups excluding tert-OH is 3. The number of phenolic OH excluding ortho intramolecular Hbond substituents is 1. The number of para-hydroxylation sites is 1. The van der Waals surface area contributed by atoms with E-state index < -0.39 is 139 Å². The number of carbonyl (C=O) groups excluding carboxylic acids is 8. The second kappa shape index (κ2) is 31.7. The van der Waals surface area contributed by atoms with Crippen LogP contribution in [0.2, 0.25) is 0 Å². The molecule has 4 aromatic rings. The molecule has 0 saturated carbocycles. The summed E-state index contributed by atoms with van der Waals surface area (Å²) >= 11 is 0. The van der Waals surface area contributed by atoms with Gasteiger partial charge >= 0.3 is 0 Å². The molecule has 0 aliphatic carbocycles. The molecule has 3 aromatic carbocycles. The molecular formula is C55H71N9O12S2. The highest BCUT2D eigenvalue weighted by molar-refractivity contribution is 8.76. The number of aromatic nitrogens is 1. The SMILES string of the molecule is CC(O)[C@@H](CO)CC(=O)[C@@H]1CSSC[C@H](CC(=O)[C@@H](Cc2ccccc2)NC(=O)CN=[N+]=[N-])C(=O)N[C@@H](Cc2ccc(O)cc2)C(=O)C[C@H](Cc2c[nH]c3ccccc23)C(=O)N[C@@H](CCCCN)C(=O)C[C@@H](C(C)O)C(=O)N1. The Morgan fingerprint density at radius 2 is 1.47 bits per heavy atom. The van der Waals surface area contributed by atoms with Crippen LogP contribution in [0.15, 0.2) is 90.2 Å². The fourth-order valence-electron chi connectivity index (χ4n) is 9.12. The Morgan fingerprint density at radius 1 is 0.808 bits per heavy atom. The molecule has 0 spiro atoms. The molecule has 2 heterocycles. The molecular weight excluding hydrogens is 1040 g/mol. The first kappa shape index (κ1) is 62.3.